The van der Waals surface area contributed by atoms with E-state index in [1.165, 1.54) is 5.69 Å². The third-order valence-electron chi connectivity index (χ3n) is 5.71. The molecule has 0 bridgehead atoms. The summed E-state index contributed by atoms with van der Waals surface area (Å²) in [6.07, 6.45) is 1.54. The highest BCUT2D eigenvalue weighted by Crippen LogP contribution is 2.23. The molecule has 1 aromatic carbocycles. The fourth-order valence-electron chi connectivity index (χ4n) is 3.65. The Kier molecular flexibility index (Phi) is 11.1. The zero-order valence-corrected chi connectivity index (χ0v) is 20.9. The van der Waals surface area contributed by atoms with Crippen molar-refractivity contribution in [2.75, 3.05) is 24.6 Å². The molecule has 0 aliphatic carbocycles. The SMILES string of the molecule is CCO[Si](C)(C)CCCN(CCC(=O)O[Si](CC)(CC)CC)c1ccccc1. The number of anilines is 1. The van der Waals surface area contributed by atoms with Crippen molar-refractivity contribution in [3.05, 3.63) is 30.3 Å². The first-order chi connectivity index (χ1) is 13.3. The molecule has 1 rings (SSSR count). The fraction of sp³-hybridized carbons (Fsp3) is 0.682. The minimum atomic E-state index is -1.87. The minimum absolute atomic E-state index is 0.0258. The van der Waals surface area contributed by atoms with Crippen LogP contribution in [0.15, 0.2) is 30.3 Å². The van der Waals surface area contributed by atoms with Gasteiger partial charge in [0.15, 0.2) is 8.32 Å². The van der Waals surface area contributed by atoms with Crippen molar-refractivity contribution in [1.82, 2.24) is 0 Å². The Morgan fingerprint density at radius 2 is 1.57 bits per heavy atom. The fourth-order valence-corrected chi connectivity index (χ4v) is 8.11. The maximum Gasteiger partial charge on any atom is 0.294 e. The molecule has 0 N–H and O–H groups in total. The quantitative estimate of drug-likeness (QED) is 0.341. The van der Waals surface area contributed by atoms with E-state index in [1.807, 2.05) is 6.07 Å². The molecule has 0 spiro atoms. The zero-order chi connectivity index (χ0) is 21.0. The Morgan fingerprint density at radius 1 is 0.964 bits per heavy atom. The van der Waals surface area contributed by atoms with Gasteiger partial charge in [-0.25, -0.2) is 0 Å². The van der Waals surface area contributed by atoms with Crippen LogP contribution < -0.4 is 4.90 Å². The van der Waals surface area contributed by atoms with E-state index in [0.717, 1.165) is 43.7 Å². The molecule has 28 heavy (non-hydrogen) atoms. The predicted molar refractivity (Wildman–Crippen MR) is 125 cm³/mol. The Morgan fingerprint density at radius 3 is 2.11 bits per heavy atom. The smallest absolute Gasteiger partial charge is 0.294 e. The Hall–Kier alpha value is -1.12. The summed E-state index contributed by atoms with van der Waals surface area (Å²) in [5, 5.41) is 0. The Labute approximate surface area is 174 Å². The first-order valence-corrected chi connectivity index (χ1v) is 16.6. The molecule has 6 heteroatoms. The monoisotopic (exact) mass is 423 g/mol. The molecule has 1 aromatic rings. The zero-order valence-electron chi connectivity index (χ0n) is 18.9. The molecule has 0 unspecified atom stereocenters. The topological polar surface area (TPSA) is 38.8 Å². The van der Waals surface area contributed by atoms with Crippen LogP contribution in [0.5, 0.6) is 0 Å². The lowest BCUT2D eigenvalue weighted by molar-refractivity contribution is -0.135. The molecular weight excluding hydrogens is 382 g/mol. The summed E-state index contributed by atoms with van der Waals surface area (Å²) in [7, 11) is -3.45. The van der Waals surface area contributed by atoms with Crippen LogP contribution in [0.25, 0.3) is 0 Å². The van der Waals surface area contributed by atoms with Crippen molar-refractivity contribution in [2.24, 2.45) is 0 Å². The highest BCUT2D eigenvalue weighted by atomic mass is 28.4. The van der Waals surface area contributed by atoms with Crippen LogP contribution in [0.4, 0.5) is 5.69 Å². The summed E-state index contributed by atoms with van der Waals surface area (Å²) in [6.45, 7) is 15.6. The molecule has 0 atom stereocenters. The van der Waals surface area contributed by atoms with Crippen molar-refractivity contribution >= 4 is 28.3 Å². The third kappa shape index (κ3) is 8.49. The summed E-state index contributed by atoms with van der Waals surface area (Å²) in [6, 6.07) is 14.5. The molecule has 4 nitrogen and oxygen atoms in total. The van der Waals surface area contributed by atoms with Crippen molar-refractivity contribution in [1.29, 1.82) is 0 Å². The predicted octanol–water partition coefficient (Wildman–Crippen LogP) is 6.06. The van der Waals surface area contributed by atoms with Gasteiger partial charge in [0.1, 0.15) is 0 Å². The standard InChI is InChI=1S/C22H41NO3Si2/c1-7-25-27(5,6)20-14-18-23(21-15-12-11-13-16-21)19-17-22(24)26-28(8-2,9-3)10-4/h11-13,15-16H,7-10,14,17-20H2,1-6H3. The lowest BCUT2D eigenvalue weighted by atomic mass is 10.2. The van der Waals surface area contributed by atoms with Gasteiger partial charge in [-0.05, 0) is 62.7 Å². The van der Waals surface area contributed by atoms with Crippen molar-refractivity contribution < 1.29 is 13.6 Å². The lowest BCUT2D eigenvalue weighted by Crippen LogP contribution is -2.39. The molecule has 0 heterocycles. The van der Waals surface area contributed by atoms with E-state index < -0.39 is 16.6 Å². The van der Waals surface area contributed by atoms with Crippen LogP contribution >= 0.6 is 0 Å². The number of benzene rings is 1. The number of carbonyl (C=O) groups excluding carboxylic acids is 1. The van der Waals surface area contributed by atoms with Crippen LogP contribution in [-0.4, -0.2) is 42.3 Å². The summed E-state index contributed by atoms with van der Waals surface area (Å²) in [5.74, 6) is -0.0258. The van der Waals surface area contributed by atoms with Crippen LogP contribution in [-0.2, 0) is 13.6 Å². The molecule has 0 saturated carbocycles. The van der Waals surface area contributed by atoms with E-state index in [1.54, 1.807) is 0 Å². The van der Waals surface area contributed by atoms with Crippen molar-refractivity contribution in [3.63, 3.8) is 0 Å². The highest BCUT2D eigenvalue weighted by Gasteiger charge is 2.32. The molecule has 0 aliphatic rings. The normalized spacial score (nSPS) is 12.1. The van der Waals surface area contributed by atoms with E-state index in [4.69, 9.17) is 8.85 Å². The van der Waals surface area contributed by atoms with Gasteiger partial charge < -0.3 is 13.8 Å². The molecule has 0 radical (unpaired) electrons. The summed E-state index contributed by atoms with van der Waals surface area (Å²) < 4.78 is 12.0. The molecule has 160 valence electrons. The maximum atomic E-state index is 12.6. The molecule has 0 fully saturated rings. The number of rotatable bonds is 14. The van der Waals surface area contributed by atoms with Crippen LogP contribution in [0.2, 0.25) is 37.3 Å². The second-order valence-corrected chi connectivity index (χ2v) is 17.1. The number of para-hydroxylation sites is 1. The number of carbonyl (C=O) groups is 1. The van der Waals surface area contributed by atoms with Gasteiger partial charge in [-0.3, -0.25) is 4.79 Å². The van der Waals surface area contributed by atoms with Gasteiger partial charge in [0, 0.05) is 25.4 Å². The number of hydrogen-bond acceptors (Lipinski definition) is 4. The van der Waals surface area contributed by atoms with Gasteiger partial charge in [0.25, 0.3) is 14.3 Å². The van der Waals surface area contributed by atoms with Gasteiger partial charge in [-0.2, -0.15) is 0 Å². The molecule has 0 aliphatic heterocycles. The van der Waals surface area contributed by atoms with Crippen LogP contribution in [0.3, 0.4) is 0 Å². The highest BCUT2D eigenvalue weighted by molar-refractivity contribution is 6.74. The van der Waals surface area contributed by atoms with E-state index in [9.17, 15) is 4.79 Å². The molecular formula is C22H41NO3Si2. The van der Waals surface area contributed by atoms with Gasteiger partial charge in [0.05, 0.1) is 6.42 Å². The second-order valence-electron chi connectivity index (χ2n) is 8.09. The van der Waals surface area contributed by atoms with E-state index in [2.05, 4.69) is 70.0 Å². The van der Waals surface area contributed by atoms with E-state index in [-0.39, 0.29) is 5.97 Å². The largest absolute Gasteiger partial charge is 0.519 e. The Balaban J connectivity index is 2.67. The van der Waals surface area contributed by atoms with Crippen LogP contribution in [0, 0.1) is 0 Å². The molecule has 0 saturated heterocycles. The van der Waals surface area contributed by atoms with Crippen LogP contribution in [0.1, 0.15) is 40.5 Å². The van der Waals surface area contributed by atoms with Gasteiger partial charge in [0.2, 0.25) is 0 Å². The summed E-state index contributed by atoms with van der Waals surface area (Å²) >= 11 is 0. The third-order valence-corrected chi connectivity index (χ3v) is 12.9. The van der Waals surface area contributed by atoms with Gasteiger partial charge in [-0.1, -0.05) is 39.0 Å². The minimum Gasteiger partial charge on any atom is -0.519 e. The first-order valence-electron chi connectivity index (χ1n) is 11.0. The van der Waals surface area contributed by atoms with E-state index >= 15 is 0 Å². The van der Waals surface area contributed by atoms with Gasteiger partial charge >= 0.3 is 0 Å². The van der Waals surface area contributed by atoms with Gasteiger partial charge in [-0.15, -0.1) is 0 Å². The molecule has 0 amide bonds. The number of hydrogen-bond donors (Lipinski definition) is 0. The first kappa shape index (κ1) is 24.9. The van der Waals surface area contributed by atoms with Crippen molar-refractivity contribution in [2.45, 2.75) is 77.8 Å². The van der Waals surface area contributed by atoms with E-state index in [0.29, 0.717) is 13.0 Å². The van der Waals surface area contributed by atoms with Crippen molar-refractivity contribution in [3.8, 4) is 0 Å². The number of nitrogens with zero attached hydrogens (tertiary/aromatic N) is 1. The maximum absolute atomic E-state index is 12.6. The summed E-state index contributed by atoms with van der Waals surface area (Å²) in [4.78, 5) is 14.9. The average Bonchev–Trinajstić information content (AvgIpc) is 2.69. The average molecular weight is 424 g/mol. The summed E-state index contributed by atoms with van der Waals surface area (Å²) in [5.41, 5.74) is 1.18. The lowest BCUT2D eigenvalue weighted by Gasteiger charge is -2.30. The molecule has 0 aromatic heterocycles. The second kappa shape index (κ2) is 12.4. The Bertz CT molecular complexity index is 554.